The lowest BCUT2D eigenvalue weighted by molar-refractivity contribution is -0.135. The van der Waals surface area contributed by atoms with Gasteiger partial charge in [-0.25, -0.2) is 8.78 Å². The van der Waals surface area contributed by atoms with Gasteiger partial charge in [-0.2, -0.15) is 0 Å². The van der Waals surface area contributed by atoms with Crippen molar-refractivity contribution in [1.82, 2.24) is 14.4 Å². The van der Waals surface area contributed by atoms with Crippen molar-refractivity contribution in [3.05, 3.63) is 35.5 Å². The molecule has 2 heterocycles. The van der Waals surface area contributed by atoms with Gasteiger partial charge < -0.3 is 29.9 Å². The Kier molecular flexibility index (Phi) is 8.35. The normalized spacial score (nSPS) is 18.3. The summed E-state index contributed by atoms with van der Waals surface area (Å²) < 4.78 is 34.7. The topological polar surface area (TPSA) is 101 Å². The van der Waals surface area contributed by atoms with Crippen molar-refractivity contribution < 1.29 is 28.2 Å². The highest BCUT2D eigenvalue weighted by atomic mass is 19.2. The highest BCUT2D eigenvalue weighted by molar-refractivity contribution is 5.99. The fourth-order valence-electron chi connectivity index (χ4n) is 5.19. The molecule has 192 valence electrons. The molecule has 2 fully saturated rings. The number of benzene rings is 1. The van der Waals surface area contributed by atoms with E-state index < -0.39 is 17.7 Å². The molecule has 10 heteroatoms. The van der Waals surface area contributed by atoms with Gasteiger partial charge >= 0.3 is 0 Å². The summed E-state index contributed by atoms with van der Waals surface area (Å²) in [7, 11) is 0. The molecule has 4 rings (SSSR count). The van der Waals surface area contributed by atoms with E-state index in [1.165, 1.54) is 6.42 Å². The monoisotopic (exact) mass is 492 g/mol. The van der Waals surface area contributed by atoms with Gasteiger partial charge in [0.1, 0.15) is 5.69 Å². The first-order valence-electron chi connectivity index (χ1n) is 12.4. The minimum absolute atomic E-state index is 0.0508. The summed E-state index contributed by atoms with van der Waals surface area (Å²) in [5.41, 5.74) is 7.00. The number of aliphatic hydroxyl groups is 1. The number of hydrogen-bond acceptors (Lipinski definition) is 5. The van der Waals surface area contributed by atoms with E-state index in [0.29, 0.717) is 42.8 Å². The number of carbonyl (C=O) groups excluding carboxylic acids is 2. The predicted molar refractivity (Wildman–Crippen MR) is 127 cm³/mol. The molecule has 0 bridgehead atoms. The Labute approximate surface area is 203 Å². The predicted octanol–water partition coefficient (Wildman–Crippen LogP) is 2.12. The molecule has 8 nitrogen and oxygen atoms in total. The van der Waals surface area contributed by atoms with Crippen LogP contribution >= 0.6 is 0 Å². The van der Waals surface area contributed by atoms with Gasteiger partial charge in [-0.05, 0) is 30.9 Å². The van der Waals surface area contributed by atoms with Gasteiger partial charge in [0.05, 0.1) is 31.4 Å². The van der Waals surface area contributed by atoms with E-state index in [-0.39, 0.29) is 44.1 Å². The summed E-state index contributed by atoms with van der Waals surface area (Å²) in [6.07, 6.45) is 5.39. The van der Waals surface area contributed by atoms with Crippen LogP contribution in [0.25, 0.3) is 10.9 Å². The molecule has 1 atom stereocenters. The lowest BCUT2D eigenvalue weighted by atomic mass is 9.83. The van der Waals surface area contributed by atoms with Gasteiger partial charge in [0, 0.05) is 44.2 Å². The Morgan fingerprint density at radius 3 is 2.34 bits per heavy atom. The lowest BCUT2D eigenvalue weighted by Crippen LogP contribution is -2.56. The van der Waals surface area contributed by atoms with E-state index in [4.69, 9.17) is 15.6 Å². The van der Waals surface area contributed by atoms with Gasteiger partial charge in [-0.1, -0.05) is 19.3 Å². The number of nitrogens with two attached hydrogens (primary N) is 1. The van der Waals surface area contributed by atoms with Crippen molar-refractivity contribution in [3.8, 4) is 0 Å². The van der Waals surface area contributed by atoms with E-state index in [1.807, 2.05) is 0 Å². The van der Waals surface area contributed by atoms with E-state index in [0.717, 1.165) is 37.8 Å². The first-order valence-corrected chi connectivity index (χ1v) is 12.4. The number of carbonyl (C=O) groups is 2. The van der Waals surface area contributed by atoms with Crippen LogP contribution in [0, 0.1) is 17.6 Å². The van der Waals surface area contributed by atoms with Gasteiger partial charge in [0.15, 0.2) is 11.6 Å². The number of rotatable bonds is 8. The highest BCUT2D eigenvalue weighted by Crippen LogP contribution is 2.27. The molecular weight excluding hydrogens is 458 g/mol. The van der Waals surface area contributed by atoms with Gasteiger partial charge in [-0.3, -0.25) is 9.59 Å². The van der Waals surface area contributed by atoms with Crippen LogP contribution in [0.2, 0.25) is 0 Å². The van der Waals surface area contributed by atoms with E-state index in [1.54, 1.807) is 20.4 Å². The first kappa shape index (κ1) is 25.5. The molecule has 1 aromatic carbocycles. The fraction of sp³-hybridized carbons (Fsp3) is 0.600. The molecule has 1 aromatic heterocycles. The standard InChI is InChI=1S/C25H34F2N4O4/c26-19-14-18-15-22(31(10-12-35-13-11-32)21(18)16-20(19)27)24(33)29-6-8-30(9-7-29)25(34)23(28)17-4-2-1-3-5-17/h14-17,23,32H,1-13,28H2/t23-/m0/s1. The summed E-state index contributed by atoms with van der Waals surface area (Å²) in [5.74, 6) is -2.07. The maximum atomic E-state index is 14.0. The third kappa shape index (κ3) is 5.65. The van der Waals surface area contributed by atoms with Gasteiger partial charge in [-0.15, -0.1) is 0 Å². The molecule has 3 N–H and O–H groups in total. The molecule has 35 heavy (non-hydrogen) atoms. The summed E-state index contributed by atoms with van der Waals surface area (Å²) >= 11 is 0. The molecule has 1 aliphatic heterocycles. The van der Waals surface area contributed by atoms with Crippen molar-refractivity contribution in [1.29, 1.82) is 0 Å². The van der Waals surface area contributed by atoms with Gasteiger partial charge in [0.25, 0.3) is 5.91 Å². The Morgan fingerprint density at radius 2 is 1.66 bits per heavy atom. The number of ether oxygens (including phenoxy) is 1. The minimum Gasteiger partial charge on any atom is -0.394 e. The maximum absolute atomic E-state index is 14.0. The third-order valence-corrected chi connectivity index (χ3v) is 7.18. The molecule has 0 spiro atoms. The number of halogens is 2. The number of piperazine rings is 1. The Hall–Kier alpha value is -2.56. The highest BCUT2D eigenvalue weighted by Gasteiger charge is 2.33. The maximum Gasteiger partial charge on any atom is 0.270 e. The SMILES string of the molecule is N[C@H](C(=O)N1CCN(C(=O)c2cc3cc(F)c(F)cc3n2CCOCCO)CC1)C1CCCCC1. The molecule has 0 unspecified atom stereocenters. The Bertz CT molecular complexity index is 1050. The van der Waals surface area contributed by atoms with Crippen molar-refractivity contribution in [2.24, 2.45) is 11.7 Å². The summed E-state index contributed by atoms with van der Waals surface area (Å²) in [4.78, 5) is 29.8. The molecule has 2 aromatic rings. The Balaban J connectivity index is 1.45. The second kappa shape index (κ2) is 11.5. The number of fused-ring (bicyclic) bond motifs is 1. The van der Waals surface area contributed by atoms with E-state index >= 15 is 0 Å². The van der Waals surface area contributed by atoms with Crippen molar-refractivity contribution >= 4 is 22.7 Å². The second-order valence-corrected chi connectivity index (χ2v) is 9.38. The smallest absolute Gasteiger partial charge is 0.270 e. The number of aromatic nitrogens is 1. The molecular formula is C25H34F2N4O4. The number of nitrogens with zero attached hydrogens (tertiary/aromatic N) is 3. The fourth-order valence-corrected chi connectivity index (χ4v) is 5.19. The molecule has 2 amide bonds. The van der Waals surface area contributed by atoms with Crippen LogP contribution in [0.4, 0.5) is 8.78 Å². The zero-order chi connectivity index (χ0) is 24.9. The lowest BCUT2D eigenvalue weighted by Gasteiger charge is -2.37. The van der Waals surface area contributed by atoms with Crippen LogP contribution in [0.15, 0.2) is 18.2 Å². The molecule has 2 aliphatic rings. The van der Waals surface area contributed by atoms with Gasteiger partial charge in [0.2, 0.25) is 5.91 Å². The summed E-state index contributed by atoms with van der Waals surface area (Å²) in [6, 6.07) is 3.22. The molecule has 0 radical (unpaired) electrons. The van der Waals surface area contributed by atoms with Crippen molar-refractivity contribution in [3.63, 3.8) is 0 Å². The quantitative estimate of drug-likeness (QED) is 0.550. The van der Waals surface area contributed by atoms with Crippen LogP contribution in [0.3, 0.4) is 0 Å². The van der Waals surface area contributed by atoms with Crippen LogP contribution in [-0.2, 0) is 16.1 Å². The molecule has 1 aliphatic carbocycles. The third-order valence-electron chi connectivity index (χ3n) is 7.18. The average molecular weight is 493 g/mol. The van der Waals surface area contributed by atoms with Crippen molar-refractivity contribution in [2.45, 2.75) is 44.7 Å². The largest absolute Gasteiger partial charge is 0.394 e. The van der Waals surface area contributed by atoms with E-state index in [2.05, 4.69) is 0 Å². The zero-order valence-electron chi connectivity index (χ0n) is 19.9. The van der Waals surface area contributed by atoms with Crippen LogP contribution in [0.1, 0.15) is 42.6 Å². The van der Waals surface area contributed by atoms with Crippen LogP contribution in [0.5, 0.6) is 0 Å². The zero-order valence-corrected chi connectivity index (χ0v) is 19.9. The van der Waals surface area contributed by atoms with Crippen LogP contribution in [-0.4, -0.2) is 83.3 Å². The second-order valence-electron chi connectivity index (χ2n) is 9.38. The summed E-state index contributed by atoms with van der Waals surface area (Å²) in [5, 5.41) is 9.34. The Morgan fingerprint density at radius 1 is 1.00 bits per heavy atom. The first-order chi connectivity index (χ1) is 16.9. The number of amides is 2. The molecule has 1 saturated heterocycles. The minimum atomic E-state index is -0.992. The number of hydrogen-bond donors (Lipinski definition) is 2. The summed E-state index contributed by atoms with van der Waals surface area (Å²) in [6.45, 7) is 1.95. The van der Waals surface area contributed by atoms with Crippen LogP contribution < -0.4 is 5.73 Å². The van der Waals surface area contributed by atoms with E-state index in [9.17, 15) is 18.4 Å². The van der Waals surface area contributed by atoms with Crippen molar-refractivity contribution in [2.75, 3.05) is 46.0 Å². The number of aliphatic hydroxyl groups excluding tert-OH is 1. The average Bonchev–Trinajstić information content (AvgIpc) is 3.23. The molecule has 1 saturated carbocycles.